The number of halogens is 1. The average molecular weight is 273 g/mol. The molecule has 0 saturated heterocycles. The highest BCUT2D eigenvalue weighted by Gasteiger charge is 2.28. The molecule has 3 rings (SSSR count). The summed E-state index contributed by atoms with van der Waals surface area (Å²) < 4.78 is 5.95. The molecule has 1 aliphatic rings. The molecule has 0 aliphatic carbocycles. The zero-order valence-corrected chi connectivity index (χ0v) is 11.3. The average Bonchev–Trinajstić information content (AvgIpc) is 2.38. The number of para-hydroxylation sites is 1. The van der Waals surface area contributed by atoms with Gasteiger partial charge in [-0.05, 0) is 42.3 Å². The van der Waals surface area contributed by atoms with Gasteiger partial charge in [-0.1, -0.05) is 29.8 Å². The SMILES string of the molecule is Cc1cc(Cl)ccc1C1CC(=O)c2ccccc2O1. The Kier molecular flexibility index (Phi) is 3.03. The molecule has 2 aromatic rings. The standard InChI is InChI=1S/C16H13ClO2/c1-10-8-11(17)6-7-12(10)16-9-14(18)13-4-2-3-5-15(13)19-16/h2-8,16H,9H2,1H3. The van der Waals surface area contributed by atoms with Gasteiger partial charge in [0.1, 0.15) is 11.9 Å². The maximum absolute atomic E-state index is 12.1. The summed E-state index contributed by atoms with van der Waals surface area (Å²) in [5.74, 6) is 0.791. The molecule has 1 aliphatic heterocycles. The predicted molar refractivity (Wildman–Crippen MR) is 74.9 cm³/mol. The minimum atomic E-state index is -0.223. The van der Waals surface area contributed by atoms with Crippen LogP contribution in [0.15, 0.2) is 42.5 Å². The van der Waals surface area contributed by atoms with E-state index in [1.165, 1.54) is 0 Å². The van der Waals surface area contributed by atoms with Crippen molar-refractivity contribution in [3.63, 3.8) is 0 Å². The highest BCUT2D eigenvalue weighted by atomic mass is 35.5. The van der Waals surface area contributed by atoms with Crippen molar-refractivity contribution in [1.82, 2.24) is 0 Å². The van der Waals surface area contributed by atoms with E-state index in [9.17, 15) is 4.79 Å². The number of hydrogen-bond acceptors (Lipinski definition) is 2. The molecule has 0 fully saturated rings. The van der Waals surface area contributed by atoms with Gasteiger partial charge in [0, 0.05) is 5.02 Å². The van der Waals surface area contributed by atoms with Crippen LogP contribution in [0, 0.1) is 6.92 Å². The second kappa shape index (κ2) is 4.71. The van der Waals surface area contributed by atoms with E-state index in [4.69, 9.17) is 16.3 Å². The molecule has 1 heterocycles. The van der Waals surface area contributed by atoms with E-state index in [2.05, 4.69) is 0 Å². The molecule has 0 spiro atoms. The van der Waals surface area contributed by atoms with Crippen LogP contribution < -0.4 is 4.74 Å². The number of benzene rings is 2. The molecule has 96 valence electrons. The van der Waals surface area contributed by atoms with Crippen LogP contribution in [0.4, 0.5) is 0 Å². The maximum atomic E-state index is 12.1. The van der Waals surface area contributed by atoms with Crippen molar-refractivity contribution < 1.29 is 9.53 Å². The number of ether oxygens (including phenoxy) is 1. The van der Waals surface area contributed by atoms with Crippen molar-refractivity contribution in [1.29, 1.82) is 0 Å². The van der Waals surface area contributed by atoms with Crippen molar-refractivity contribution >= 4 is 17.4 Å². The fourth-order valence-corrected chi connectivity index (χ4v) is 2.67. The van der Waals surface area contributed by atoms with Crippen LogP contribution >= 0.6 is 11.6 Å². The molecule has 1 unspecified atom stereocenters. The number of carbonyl (C=O) groups excluding carboxylic acids is 1. The minimum Gasteiger partial charge on any atom is -0.484 e. The Hall–Kier alpha value is -1.80. The molecular formula is C16H13ClO2. The number of aryl methyl sites for hydroxylation is 1. The summed E-state index contributed by atoms with van der Waals surface area (Å²) in [6.45, 7) is 1.98. The third kappa shape index (κ3) is 2.24. The lowest BCUT2D eigenvalue weighted by Gasteiger charge is -2.26. The second-order valence-electron chi connectivity index (χ2n) is 4.73. The number of Topliss-reactive ketones (excluding diaryl/α,β-unsaturated/α-hetero) is 1. The van der Waals surface area contributed by atoms with E-state index in [1.54, 1.807) is 0 Å². The van der Waals surface area contributed by atoms with Crippen LogP contribution in [0.2, 0.25) is 5.02 Å². The van der Waals surface area contributed by atoms with E-state index in [-0.39, 0.29) is 11.9 Å². The van der Waals surface area contributed by atoms with Crippen LogP contribution in [0.3, 0.4) is 0 Å². The number of rotatable bonds is 1. The Bertz CT molecular complexity index is 649. The van der Waals surface area contributed by atoms with Crippen molar-refractivity contribution in [2.45, 2.75) is 19.4 Å². The number of fused-ring (bicyclic) bond motifs is 1. The van der Waals surface area contributed by atoms with Gasteiger partial charge in [0.25, 0.3) is 0 Å². The van der Waals surface area contributed by atoms with E-state index < -0.39 is 0 Å². The summed E-state index contributed by atoms with van der Waals surface area (Å²) in [6, 6.07) is 13.0. The highest BCUT2D eigenvalue weighted by Crippen LogP contribution is 2.36. The fourth-order valence-electron chi connectivity index (χ4n) is 2.45. The molecular weight excluding hydrogens is 260 g/mol. The Morgan fingerprint density at radius 1 is 1.21 bits per heavy atom. The summed E-state index contributed by atoms with van der Waals surface area (Å²) in [5, 5.41) is 0.698. The molecule has 0 saturated carbocycles. The molecule has 0 aromatic heterocycles. The second-order valence-corrected chi connectivity index (χ2v) is 5.17. The molecule has 0 amide bonds. The summed E-state index contributed by atoms with van der Waals surface area (Å²) in [5.41, 5.74) is 2.74. The van der Waals surface area contributed by atoms with E-state index >= 15 is 0 Å². The van der Waals surface area contributed by atoms with Gasteiger partial charge in [-0.3, -0.25) is 4.79 Å². The normalized spacial score (nSPS) is 17.8. The lowest BCUT2D eigenvalue weighted by Crippen LogP contribution is -2.20. The largest absolute Gasteiger partial charge is 0.484 e. The summed E-state index contributed by atoms with van der Waals surface area (Å²) in [6.07, 6.45) is 0.152. The van der Waals surface area contributed by atoms with Crippen molar-refractivity contribution in [3.05, 3.63) is 64.2 Å². The monoisotopic (exact) mass is 272 g/mol. The molecule has 2 aromatic carbocycles. The Labute approximate surface area is 117 Å². The van der Waals surface area contributed by atoms with Crippen LogP contribution in [0.5, 0.6) is 5.75 Å². The maximum Gasteiger partial charge on any atom is 0.170 e. The summed E-state index contributed by atoms with van der Waals surface area (Å²) in [7, 11) is 0. The van der Waals surface area contributed by atoms with Crippen LogP contribution in [0.1, 0.15) is 34.0 Å². The number of carbonyl (C=O) groups is 1. The fraction of sp³-hybridized carbons (Fsp3) is 0.188. The van der Waals surface area contributed by atoms with Crippen LogP contribution in [-0.2, 0) is 0 Å². The van der Waals surface area contributed by atoms with Gasteiger partial charge in [-0.15, -0.1) is 0 Å². The molecule has 3 heteroatoms. The predicted octanol–water partition coefficient (Wildman–Crippen LogP) is 4.35. The number of ketones is 1. The van der Waals surface area contributed by atoms with Crippen molar-refractivity contribution in [2.24, 2.45) is 0 Å². The minimum absolute atomic E-state index is 0.126. The molecule has 0 bridgehead atoms. The van der Waals surface area contributed by atoms with Gasteiger partial charge < -0.3 is 4.74 Å². The smallest absolute Gasteiger partial charge is 0.170 e. The zero-order valence-electron chi connectivity index (χ0n) is 10.5. The highest BCUT2D eigenvalue weighted by molar-refractivity contribution is 6.30. The lowest BCUT2D eigenvalue weighted by molar-refractivity contribution is 0.0849. The van der Waals surface area contributed by atoms with Gasteiger partial charge in [0.05, 0.1) is 12.0 Å². The molecule has 0 N–H and O–H groups in total. The number of hydrogen-bond donors (Lipinski definition) is 0. The zero-order chi connectivity index (χ0) is 13.4. The summed E-state index contributed by atoms with van der Waals surface area (Å²) >= 11 is 5.96. The third-order valence-corrected chi connectivity index (χ3v) is 3.64. The first-order valence-electron chi connectivity index (χ1n) is 6.20. The molecule has 0 radical (unpaired) electrons. The van der Waals surface area contributed by atoms with Gasteiger partial charge in [0.15, 0.2) is 5.78 Å². The first-order valence-corrected chi connectivity index (χ1v) is 6.58. The quantitative estimate of drug-likeness (QED) is 0.771. The third-order valence-electron chi connectivity index (χ3n) is 3.41. The van der Waals surface area contributed by atoms with E-state index in [0.717, 1.165) is 11.1 Å². The van der Waals surface area contributed by atoms with E-state index in [1.807, 2.05) is 49.4 Å². The van der Waals surface area contributed by atoms with Gasteiger partial charge in [-0.2, -0.15) is 0 Å². The topological polar surface area (TPSA) is 26.3 Å². The van der Waals surface area contributed by atoms with E-state index in [0.29, 0.717) is 22.8 Å². The first-order chi connectivity index (χ1) is 9.15. The van der Waals surface area contributed by atoms with Crippen LogP contribution in [-0.4, -0.2) is 5.78 Å². The first kappa shape index (κ1) is 12.2. The molecule has 1 atom stereocenters. The Morgan fingerprint density at radius 3 is 2.79 bits per heavy atom. The summed E-state index contributed by atoms with van der Waals surface area (Å²) in [4.78, 5) is 12.1. The molecule has 19 heavy (non-hydrogen) atoms. The van der Waals surface area contributed by atoms with Gasteiger partial charge in [0.2, 0.25) is 0 Å². The lowest BCUT2D eigenvalue weighted by atomic mass is 9.94. The molecule has 2 nitrogen and oxygen atoms in total. The van der Waals surface area contributed by atoms with Crippen LogP contribution in [0.25, 0.3) is 0 Å². The Balaban J connectivity index is 1.99. The Morgan fingerprint density at radius 2 is 2.00 bits per heavy atom. The van der Waals surface area contributed by atoms with Crippen molar-refractivity contribution in [3.8, 4) is 5.75 Å². The van der Waals surface area contributed by atoms with Crippen molar-refractivity contribution in [2.75, 3.05) is 0 Å². The van der Waals surface area contributed by atoms with Gasteiger partial charge >= 0.3 is 0 Å². The van der Waals surface area contributed by atoms with Gasteiger partial charge in [-0.25, -0.2) is 0 Å².